The molecule has 0 fully saturated rings. The molecule has 2 aromatic carbocycles. The number of nitrogens with zero attached hydrogens (tertiary/aromatic N) is 2. The van der Waals surface area contributed by atoms with E-state index in [-0.39, 0.29) is 5.91 Å². The first kappa shape index (κ1) is 19.5. The number of amides is 1. The fourth-order valence-electron chi connectivity index (χ4n) is 2.67. The number of benzene rings is 2. The number of nitriles is 1. The molecular weight excluding hydrogens is 418 g/mol. The summed E-state index contributed by atoms with van der Waals surface area (Å²) in [4.78, 5) is 16.4. The van der Waals surface area contributed by atoms with E-state index in [0.29, 0.717) is 23.5 Å². The van der Waals surface area contributed by atoms with Crippen molar-refractivity contribution >= 4 is 49.8 Å². The van der Waals surface area contributed by atoms with E-state index < -0.39 is 0 Å². The Bertz CT molecular complexity index is 1090. The molecule has 0 bridgehead atoms. The van der Waals surface area contributed by atoms with Crippen molar-refractivity contribution in [3.05, 3.63) is 70.8 Å². The van der Waals surface area contributed by atoms with Crippen molar-refractivity contribution in [2.45, 2.75) is 0 Å². The average molecular weight is 436 g/mol. The molecule has 1 heterocycles. The highest BCUT2D eigenvalue weighted by atomic mass is 79.9. The van der Waals surface area contributed by atoms with Crippen molar-refractivity contribution < 1.29 is 4.79 Å². The molecule has 3 N–H and O–H groups in total. The van der Waals surface area contributed by atoms with Gasteiger partial charge in [0.25, 0.3) is 0 Å². The minimum absolute atomic E-state index is 0.222. The van der Waals surface area contributed by atoms with Crippen LogP contribution in [0.5, 0.6) is 0 Å². The predicted octanol–water partition coefficient (Wildman–Crippen LogP) is 4.33. The van der Waals surface area contributed by atoms with Crippen LogP contribution >= 0.6 is 15.9 Å². The standard InChI is InChI=1S/C21H18BrN5O/c1-24-9-3-6-20(28)26-17-7-8-19-18(11-17)21(14(12-23)13-25-19)27-16-5-2-4-15(22)10-16/h2-8,10-11,13,24H,9H2,1H3,(H,25,27)(H,26,28)/b6-3+. The summed E-state index contributed by atoms with van der Waals surface area (Å²) in [7, 11) is 1.81. The largest absolute Gasteiger partial charge is 0.354 e. The van der Waals surface area contributed by atoms with Crippen LogP contribution in [-0.2, 0) is 4.79 Å². The van der Waals surface area contributed by atoms with Crippen LogP contribution in [0.4, 0.5) is 17.1 Å². The predicted molar refractivity (Wildman–Crippen MR) is 116 cm³/mol. The Morgan fingerprint density at radius 3 is 2.86 bits per heavy atom. The second kappa shape index (κ2) is 9.13. The van der Waals surface area contributed by atoms with Crippen LogP contribution in [0.2, 0.25) is 0 Å². The summed E-state index contributed by atoms with van der Waals surface area (Å²) in [6.45, 7) is 0.612. The van der Waals surface area contributed by atoms with Crippen molar-refractivity contribution in [2.75, 3.05) is 24.2 Å². The highest BCUT2D eigenvalue weighted by Crippen LogP contribution is 2.31. The molecule has 0 aliphatic carbocycles. The minimum Gasteiger partial charge on any atom is -0.354 e. The smallest absolute Gasteiger partial charge is 0.248 e. The van der Waals surface area contributed by atoms with Gasteiger partial charge in [0.1, 0.15) is 6.07 Å². The Balaban J connectivity index is 1.98. The number of rotatable bonds is 6. The molecule has 0 radical (unpaired) electrons. The summed E-state index contributed by atoms with van der Waals surface area (Å²) >= 11 is 3.45. The van der Waals surface area contributed by atoms with E-state index in [0.717, 1.165) is 21.1 Å². The second-order valence-corrected chi connectivity index (χ2v) is 6.89. The molecule has 6 nitrogen and oxygen atoms in total. The SMILES string of the molecule is CNC/C=C/C(=O)Nc1ccc2ncc(C#N)c(Nc3cccc(Br)c3)c2c1. The first-order valence-corrected chi connectivity index (χ1v) is 9.37. The zero-order valence-electron chi connectivity index (χ0n) is 15.2. The maximum atomic E-state index is 12.0. The first-order chi connectivity index (χ1) is 13.6. The van der Waals surface area contributed by atoms with Crippen LogP contribution in [-0.4, -0.2) is 24.5 Å². The Kier molecular flexibility index (Phi) is 6.37. The lowest BCUT2D eigenvalue weighted by Gasteiger charge is -2.13. The number of hydrogen-bond donors (Lipinski definition) is 3. The number of anilines is 3. The van der Waals surface area contributed by atoms with Gasteiger partial charge in [-0.3, -0.25) is 9.78 Å². The molecule has 140 valence electrons. The van der Waals surface area contributed by atoms with Gasteiger partial charge in [0.15, 0.2) is 0 Å². The van der Waals surface area contributed by atoms with Gasteiger partial charge in [-0.15, -0.1) is 0 Å². The molecule has 0 saturated heterocycles. The van der Waals surface area contributed by atoms with Gasteiger partial charge in [-0.05, 0) is 43.4 Å². The van der Waals surface area contributed by atoms with Crippen molar-refractivity contribution in [1.82, 2.24) is 10.3 Å². The van der Waals surface area contributed by atoms with E-state index in [1.165, 1.54) is 6.08 Å². The lowest BCUT2D eigenvalue weighted by atomic mass is 10.1. The van der Waals surface area contributed by atoms with Gasteiger partial charge in [-0.2, -0.15) is 5.26 Å². The summed E-state index contributed by atoms with van der Waals surface area (Å²) in [5.41, 5.74) is 3.25. The van der Waals surface area contributed by atoms with Gasteiger partial charge in [0, 0.05) is 40.1 Å². The molecule has 0 unspecified atom stereocenters. The Morgan fingerprint density at radius 2 is 2.11 bits per heavy atom. The summed E-state index contributed by atoms with van der Waals surface area (Å²) in [6.07, 6.45) is 4.76. The van der Waals surface area contributed by atoms with E-state index >= 15 is 0 Å². The van der Waals surface area contributed by atoms with Gasteiger partial charge < -0.3 is 16.0 Å². The number of aromatic nitrogens is 1. The van der Waals surface area contributed by atoms with Crippen LogP contribution in [0, 0.1) is 11.3 Å². The van der Waals surface area contributed by atoms with Crippen molar-refractivity contribution in [3.8, 4) is 6.07 Å². The number of pyridine rings is 1. The van der Waals surface area contributed by atoms with Crippen molar-refractivity contribution in [1.29, 1.82) is 5.26 Å². The number of carbonyl (C=O) groups is 1. The molecule has 0 spiro atoms. The summed E-state index contributed by atoms with van der Waals surface area (Å²) in [5, 5.41) is 19.3. The van der Waals surface area contributed by atoms with Gasteiger partial charge >= 0.3 is 0 Å². The quantitative estimate of drug-likeness (QED) is 0.501. The lowest BCUT2D eigenvalue weighted by molar-refractivity contribution is -0.111. The van der Waals surface area contributed by atoms with Crippen LogP contribution in [0.3, 0.4) is 0 Å². The normalized spacial score (nSPS) is 10.8. The molecule has 1 amide bonds. The Morgan fingerprint density at radius 1 is 1.25 bits per heavy atom. The number of fused-ring (bicyclic) bond motifs is 1. The fraction of sp³-hybridized carbons (Fsp3) is 0.0952. The van der Waals surface area contributed by atoms with Gasteiger partial charge in [0.2, 0.25) is 5.91 Å². The molecule has 28 heavy (non-hydrogen) atoms. The molecule has 3 rings (SSSR count). The number of halogens is 1. The Hall–Kier alpha value is -3.21. The summed E-state index contributed by atoms with van der Waals surface area (Å²) < 4.78 is 0.927. The molecule has 0 atom stereocenters. The molecule has 7 heteroatoms. The van der Waals surface area contributed by atoms with E-state index in [1.54, 1.807) is 18.3 Å². The average Bonchev–Trinajstić information content (AvgIpc) is 2.68. The zero-order valence-corrected chi connectivity index (χ0v) is 16.7. The Labute approximate surface area is 171 Å². The van der Waals surface area contributed by atoms with E-state index in [1.807, 2.05) is 43.4 Å². The highest BCUT2D eigenvalue weighted by Gasteiger charge is 2.11. The van der Waals surface area contributed by atoms with Gasteiger partial charge in [-0.25, -0.2) is 0 Å². The fourth-order valence-corrected chi connectivity index (χ4v) is 3.07. The topological polar surface area (TPSA) is 89.8 Å². The molecule has 0 saturated carbocycles. The monoisotopic (exact) mass is 435 g/mol. The molecule has 0 aliphatic rings. The maximum absolute atomic E-state index is 12.0. The molecule has 0 aliphatic heterocycles. The van der Waals surface area contributed by atoms with E-state index in [4.69, 9.17) is 0 Å². The third-order valence-electron chi connectivity index (χ3n) is 3.94. The minimum atomic E-state index is -0.222. The second-order valence-electron chi connectivity index (χ2n) is 5.98. The lowest BCUT2D eigenvalue weighted by Crippen LogP contribution is -2.10. The van der Waals surface area contributed by atoms with Gasteiger partial charge in [0.05, 0.1) is 16.8 Å². The molecule has 1 aromatic heterocycles. The van der Waals surface area contributed by atoms with Crippen LogP contribution in [0.25, 0.3) is 10.9 Å². The summed E-state index contributed by atoms with van der Waals surface area (Å²) in [6, 6.07) is 15.3. The number of hydrogen-bond acceptors (Lipinski definition) is 5. The summed E-state index contributed by atoms with van der Waals surface area (Å²) in [5.74, 6) is -0.222. The van der Waals surface area contributed by atoms with E-state index in [9.17, 15) is 10.1 Å². The molecule has 3 aromatic rings. The van der Waals surface area contributed by atoms with Crippen LogP contribution in [0.15, 0.2) is 65.3 Å². The highest BCUT2D eigenvalue weighted by molar-refractivity contribution is 9.10. The third-order valence-corrected chi connectivity index (χ3v) is 4.43. The number of nitrogens with one attached hydrogen (secondary N) is 3. The molecular formula is C21H18BrN5O. The first-order valence-electron chi connectivity index (χ1n) is 8.58. The van der Waals surface area contributed by atoms with E-state index in [2.05, 4.69) is 42.9 Å². The van der Waals surface area contributed by atoms with Gasteiger partial charge in [-0.1, -0.05) is 28.1 Å². The van der Waals surface area contributed by atoms with Crippen molar-refractivity contribution in [2.24, 2.45) is 0 Å². The number of likely N-dealkylation sites (N-methyl/N-ethyl adjacent to an activating group) is 1. The third kappa shape index (κ3) is 4.74. The zero-order chi connectivity index (χ0) is 19.9. The maximum Gasteiger partial charge on any atom is 0.248 e. The van der Waals surface area contributed by atoms with Crippen molar-refractivity contribution in [3.63, 3.8) is 0 Å². The van der Waals surface area contributed by atoms with Crippen LogP contribution < -0.4 is 16.0 Å². The number of carbonyl (C=O) groups excluding carboxylic acids is 1. The van der Waals surface area contributed by atoms with Crippen LogP contribution in [0.1, 0.15) is 5.56 Å².